The van der Waals surface area contributed by atoms with E-state index in [4.69, 9.17) is 19.5 Å². The summed E-state index contributed by atoms with van der Waals surface area (Å²) in [6.45, 7) is 0.740. The number of methoxy groups -OCH3 is 2. The lowest BCUT2D eigenvalue weighted by Gasteiger charge is -2.16. The number of hydrogen-bond donors (Lipinski definition) is 0. The average Bonchev–Trinajstić information content (AvgIpc) is 3.53. The molecule has 176 valence electrons. The van der Waals surface area contributed by atoms with Crippen LogP contribution in [0.4, 0.5) is 10.1 Å². The normalized spacial score (nSPS) is 14.8. The number of rotatable bonds is 6. The number of aromatic nitrogens is 5. The lowest BCUT2D eigenvalue weighted by molar-refractivity contribution is 0.374. The maximum absolute atomic E-state index is 15.1. The van der Waals surface area contributed by atoms with Crippen LogP contribution in [0.2, 0.25) is 0 Å². The van der Waals surface area contributed by atoms with E-state index in [0.717, 1.165) is 36.2 Å². The van der Waals surface area contributed by atoms with Gasteiger partial charge in [0.2, 0.25) is 0 Å². The van der Waals surface area contributed by atoms with Crippen LogP contribution in [-0.4, -0.2) is 38.5 Å². The van der Waals surface area contributed by atoms with E-state index in [2.05, 4.69) is 14.6 Å². The lowest BCUT2D eigenvalue weighted by atomic mass is 10.1. The summed E-state index contributed by atoms with van der Waals surface area (Å²) in [4.78, 5) is 14.3. The van der Waals surface area contributed by atoms with Crippen LogP contribution in [0.5, 0.6) is 11.5 Å². The van der Waals surface area contributed by atoms with Gasteiger partial charge in [-0.05, 0) is 30.9 Å². The molecule has 0 N–H and O–H groups in total. The SMILES string of the molecule is COc1cc(/N=c2\ccc3ncc(-c4cnn(C)c4)nc3n2CC2CCCC2)c(F)c(OC)c1. The van der Waals surface area contributed by atoms with Crippen LogP contribution in [-0.2, 0) is 13.6 Å². The maximum Gasteiger partial charge on any atom is 0.190 e. The molecule has 9 heteroatoms. The van der Waals surface area contributed by atoms with Crippen LogP contribution < -0.4 is 15.0 Å². The zero-order valence-corrected chi connectivity index (χ0v) is 19.5. The summed E-state index contributed by atoms with van der Waals surface area (Å²) in [6, 6.07) is 6.81. The monoisotopic (exact) mass is 462 g/mol. The Balaban J connectivity index is 1.72. The molecule has 0 amide bonds. The molecule has 0 radical (unpaired) electrons. The van der Waals surface area contributed by atoms with Crippen molar-refractivity contribution in [2.24, 2.45) is 18.0 Å². The first kappa shape index (κ1) is 22.1. The minimum Gasteiger partial charge on any atom is -0.497 e. The van der Waals surface area contributed by atoms with E-state index in [-0.39, 0.29) is 11.4 Å². The summed E-state index contributed by atoms with van der Waals surface area (Å²) in [5, 5.41) is 4.25. The molecule has 5 rings (SSSR count). The molecule has 3 heterocycles. The third kappa shape index (κ3) is 4.25. The molecular formula is C25H27FN6O2. The van der Waals surface area contributed by atoms with Crippen LogP contribution in [0.1, 0.15) is 25.7 Å². The van der Waals surface area contributed by atoms with Gasteiger partial charge in [-0.1, -0.05) is 12.8 Å². The predicted octanol–water partition coefficient (Wildman–Crippen LogP) is 4.41. The minimum atomic E-state index is -0.536. The number of aryl methyl sites for hydroxylation is 1. The smallest absolute Gasteiger partial charge is 0.190 e. The second kappa shape index (κ2) is 9.24. The van der Waals surface area contributed by atoms with E-state index in [9.17, 15) is 0 Å². The molecule has 0 spiro atoms. The highest BCUT2D eigenvalue weighted by Gasteiger charge is 2.19. The lowest BCUT2D eigenvalue weighted by Crippen LogP contribution is -2.25. The standard InChI is InChI=1S/C25H27FN6O2/c1-31-15-17(12-28-31)21-13-27-19-8-9-23(32(25(19)30-21)14-16-6-4-5-7-16)29-20-10-18(33-2)11-22(34-3)24(20)26/h8-13,15-16H,4-7,14H2,1-3H3/b29-23+. The number of halogens is 1. The highest BCUT2D eigenvalue weighted by atomic mass is 19.1. The van der Waals surface area contributed by atoms with Crippen LogP contribution in [0, 0.1) is 11.7 Å². The van der Waals surface area contributed by atoms with Gasteiger partial charge in [0.15, 0.2) is 17.2 Å². The largest absolute Gasteiger partial charge is 0.497 e. The average molecular weight is 463 g/mol. The quantitative estimate of drug-likeness (QED) is 0.424. The molecule has 0 bridgehead atoms. The summed E-state index contributed by atoms with van der Waals surface area (Å²) in [5.41, 5.74) is 3.83. The molecule has 0 unspecified atom stereocenters. The predicted molar refractivity (Wildman–Crippen MR) is 126 cm³/mol. The Morgan fingerprint density at radius 1 is 1.12 bits per heavy atom. The molecule has 1 aliphatic rings. The van der Waals surface area contributed by atoms with E-state index < -0.39 is 5.82 Å². The molecule has 0 aliphatic heterocycles. The molecule has 1 aliphatic carbocycles. The van der Waals surface area contributed by atoms with Crippen molar-refractivity contribution in [1.82, 2.24) is 24.3 Å². The Hall–Kier alpha value is -3.75. The second-order valence-corrected chi connectivity index (χ2v) is 8.59. The van der Waals surface area contributed by atoms with E-state index >= 15 is 4.39 Å². The maximum atomic E-state index is 15.1. The molecule has 1 fully saturated rings. The Kier molecular flexibility index (Phi) is 6.00. The molecular weight excluding hydrogens is 435 g/mol. The fourth-order valence-electron chi connectivity index (χ4n) is 4.51. The van der Waals surface area contributed by atoms with Crippen LogP contribution in [0.25, 0.3) is 22.4 Å². The number of fused-ring (bicyclic) bond motifs is 1. The van der Waals surface area contributed by atoms with Crippen LogP contribution in [0.15, 0.2) is 47.8 Å². The molecule has 0 saturated heterocycles. The zero-order valence-electron chi connectivity index (χ0n) is 19.5. The van der Waals surface area contributed by atoms with Gasteiger partial charge < -0.3 is 14.0 Å². The first-order chi connectivity index (χ1) is 16.6. The summed E-state index contributed by atoms with van der Waals surface area (Å²) < 4.78 is 29.4. The second-order valence-electron chi connectivity index (χ2n) is 8.59. The Labute approximate surface area is 196 Å². The molecule has 0 atom stereocenters. The Morgan fingerprint density at radius 3 is 2.65 bits per heavy atom. The van der Waals surface area contributed by atoms with E-state index in [1.54, 1.807) is 23.1 Å². The van der Waals surface area contributed by atoms with Crippen molar-refractivity contribution in [2.45, 2.75) is 32.2 Å². The fourth-order valence-corrected chi connectivity index (χ4v) is 4.51. The molecule has 4 aromatic rings. The molecule has 1 aromatic carbocycles. The highest BCUT2D eigenvalue weighted by molar-refractivity contribution is 5.73. The van der Waals surface area contributed by atoms with Gasteiger partial charge in [0.1, 0.15) is 22.4 Å². The van der Waals surface area contributed by atoms with Crippen LogP contribution in [0.3, 0.4) is 0 Å². The Bertz CT molecular complexity index is 1400. The number of ether oxygens (including phenoxy) is 2. The van der Waals surface area contributed by atoms with Gasteiger partial charge in [-0.25, -0.2) is 14.4 Å². The summed E-state index contributed by atoms with van der Waals surface area (Å²) >= 11 is 0. The van der Waals surface area contributed by atoms with Gasteiger partial charge in [0.25, 0.3) is 0 Å². The summed E-state index contributed by atoms with van der Waals surface area (Å²) in [7, 11) is 4.82. The number of pyridine rings is 1. The number of hydrogen-bond acceptors (Lipinski definition) is 6. The topological polar surface area (TPSA) is 79.4 Å². The van der Waals surface area contributed by atoms with Gasteiger partial charge in [-0.15, -0.1) is 0 Å². The first-order valence-electron chi connectivity index (χ1n) is 11.4. The molecule has 34 heavy (non-hydrogen) atoms. The summed E-state index contributed by atoms with van der Waals surface area (Å²) in [5.74, 6) is 0.530. The van der Waals surface area contributed by atoms with Crippen molar-refractivity contribution >= 4 is 16.9 Å². The van der Waals surface area contributed by atoms with Gasteiger partial charge in [0.05, 0.1) is 32.3 Å². The van der Waals surface area contributed by atoms with E-state index in [1.165, 1.54) is 33.1 Å². The molecule has 3 aromatic heterocycles. The fraction of sp³-hybridized carbons (Fsp3) is 0.360. The van der Waals surface area contributed by atoms with Crippen molar-refractivity contribution in [3.8, 4) is 22.8 Å². The van der Waals surface area contributed by atoms with E-state index in [0.29, 0.717) is 22.8 Å². The molecule has 1 saturated carbocycles. The molecule has 8 nitrogen and oxygen atoms in total. The zero-order chi connectivity index (χ0) is 23.7. The summed E-state index contributed by atoms with van der Waals surface area (Å²) in [6.07, 6.45) is 10.2. The number of nitrogens with zero attached hydrogens (tertiary/aromatic N) is 6. The van der Waals surface area contributed by atoms with Gasteiger partial charge in [-0.3, -0.25) is 9.67 Å². The van der Waals surface area contributed by atoms with Gasteiger partial charge >= 0.3 is 0 Å². The first-order valence-corrected chi connectivity index (χ1v) is 11.4. The number of benzene rings is 1. The Morgan fingerprint density at radius 2 is 1.94 bits per heavy atom. The van der Waals surface area contributed by atoms with E-state index in [1.807, 2.05) is 25.4 Å². The third-order valence-electron chi connectivity index (χ3n) is 6.30. The van der Waals surface area contributed by atoms with Crippen LogP contribution >= 0.6 is 0 Å². The van der Waals surface area contributed by atoms with Crippen molar-refractivity contribution in [1.29, 1.82) is 0 Å². The van der Waals surface area contributed by atoms with Crippen molar-refractivity contribution in [3.05, 3.63) is 54.2 Å². The minimum absolute atomic E-state index is 0.0832. The van der Waals surface area contributed by atoms with Gasteiger partial charge in [-0.2, -0.15) is 5.10 Å². The van der Waals surface area contributed by atoms with Crippen molar-refractivity contribution in [2.75, 3.05) is 14.2 Å². The van der Waals surface area contributed by atoms with Crippen molar-refractivity contribution < 1.29 is 13.9 Å². The third-order valence-corrected chi connectivity index (χ3v) is 6.30. The van der Waals surface area contributed by atoms with Crippen molar-refractivity contribution in [3.63, 3.8) is 0 Å². The van der Waals surface area contributed by atoms with Gasteiger partial charge in [0, 0.05) is 37.5 Å². The highest BCUT2D eigenvalue weighted by Crippen LogP contribution is 2.32.